The van der Waals surface area contributed by atoms with Gasteiger partial charge in [0.05, 0.1) is 12.0 Å². The number of nitrogens with two attached hydrogens (primary N) is 1. The van der Waals surface area contributed by atoms with Crippen LogP contribution in [0.1, 0.15) is 64.3 Å². The molecule has 4 N–H and O–H groups in total. The second-order valence-electron chi connectivity index (χ2n) is 9.85. The number of fused-ring (bicyclic) bond motifs is 2. The maximum atomic E-state index is 6.14. The van der Waals surface area contributed by atoms with Crippen LogP contribution >= 0.6 is 24.8 Å². The number of para-hydroxylation sites is 1. The smallest absolute Gasteiger partial charge is 0.227 e. The van der Waals surface area contributed by atoms with Gasteiger partial charge in [-0.05, 0) is 51.5 Å². The van der Waals surface area contributed by atoms with E-state index in [1.165, 1.54) is 31.1 Å². The van der Waals surface area contributed by atoms with Crippen molar-refractivity contribution in [1.29, 1.82) is 0 Å². The molecule has 2 aliphatic rings. The van der Waals surface area contributed by atoms with Gasteiger partial charge < -0.3 is 25.5 Å². The molecule has 6 rings (SSSR count). The zero-order valence-corrected chi connectivity index (χ0v) is 22.3. The molecule has 0 aliphatic heterocycles. The van der Waals surface area contributed by atoms with E-state index in [9.17, 15) is 0 Å². The number of H-pyrrole nitrogens is 1. The average molecular weight is 532 g/mol. The van der Waals surface area contributed by atoms with Gasteiger partial charge in [-0.2, -0.15) is 9.97 Å². The average Bonchev–Trinajstić information content (AvgIpc) is 3.61. The normalized spacial score (nSPS) is 20.3. The minimum absolute atomic E-state index is 0. The maximum absolute atomic E-state index is 6.14. The van der Waals surface area contributed by atoms with Crippen LogP contribution in [0.25, 0.3) is 22.1 Å². The fraction of sp³-hybridized carbons (Fsp3) is 0.500. The summed E-state index contributed by atoms with van der Waals surface area (Å²) in [6, 6.07) is 9.55. The van der Waals surface area contributed by atoms with E-state index in [0.717, 1.165) is 60.4 Å². The highest BCUT2D eigenvalue weighted by Gasteiger charge is 2.26. The minimum Gasteiger partial charge on any atom is -0.359 e. The third kappa shape index (κ3) is 4.86. The van der Waals surface area contributed by atoms with Crippen molar-refractivity contribution in [1.82, 2.24) is 24.5 Å². The van der Waals surface area contributed by atoms with Crippen LogP contribution in [0.15, 0.2) is 36.8 Å². The molecule has 0 saturated heterocycles. The lowest BCUT2D eigenvalue weighted by molar-refractivity contribution is 0.410. The van der Waals surface area contributed by atoms with Gasteiger partial charge in [0.25, 0.3) is 0 Å². The highest BCUT2D eigenvalue weighted by Crippen LogP contribution is 2.37. The summed E-state index contributed by atoms with van der Waals surface area (Å²) in [6.45, 7) is 2.95. The molecular weight excluding hydrogens is 495 g/mol. The fourth-order valence-corrected chi connectivity index (χ4v) is 5.76. The number of aromatic nitrogens is 5. The Hall–Kier alpha value is -2.55. The number of halogens is 2. The lowest BCUT2D eigenvalue weighted by atomic mass is 9.92. The summed E-state index contributed by atoms with van der Waals surface area (Å²) >= 11 is 0. The zero-order valence-electron chi connectivity index (χ0n) is 20.7. The van der Waals surface area contributed by atoms with Gasteiger partial charge in [-0.3, -0.25) is 0 Å². The first kappa shape index (κ1) is 26.5. The van der Waals surface area contributed by atoms with Gasteiger partial charge in [0.15, 0.2) is 17.0 Å². The number of hydrogen-bond donors (Lipinski definition) is 3. The molecule has 8 nitrogen and oxygen atoms in total. The first-order valence-corrected chi connectivity index (χ1v) is 12.8. The Bertz CT molecular complexity index is 1290. The molecule has 2 aliphatic carbocycles. The van der Waals surface area contributed by atoms with Crippen LogP contribution in [0.4, 0.5) is 17.5 Å². The topological polar surface area (TPSA) is 101 Å². The lowest BCUT2D eigenvalue weighted by Crippen LogP contribution is -2.33. The molecule has 3 aromatic heterocycles. The Labute approximate surface area is 224 Å². The monoisotopic (exact) mass is 530 g/mol. The Kier molecular flexibility index (Phi) is 8.27. The standard InChI is InChI=1S/C26H34N8.2ClH/c1-2-33(22-15-28-21-10-6-5-9-20(21)22)24-23-25(34(16-29-23)19-7-3-4-8-19)32-26(31-24)30-18-13-11-17(27)12-14-18;;/h5-6,9-10,15-19,28H,2-4,7-8,11-14,27H2,1H3,(H,30,31,32);2*1H/t17-,18-;;. The summed E-state index contributed by atoms with van der Waals surface area (Å²) in [5.41, 5.74) is 10.2. The van der Waals surface area contributed by atoms with Gasteiger partial charge in [-0.15, -0.1) is 24.8 Å². The Morgan fingerprint density at radius 1 is 1.06 bits per heavy atom. The molecule has 2 fully saturated rings. The van der Waals surface area contributed by atoms with Crippen molar-refractivity contribution in [3.05, 3.63) is 36.8 Å². The predicted octanol–water partition coefficient (Wildman–Crippen LogP) is 6.11. The first-order valence-electron chi connectivity index (χ1n) is 12.8. The summed E-state index contributed by atoms with van der Waals surface area (Å²) < 4.78 is 2.29. The van der Waals surface area contributed by atoms with E-state index in [4.69, 9.17) is 20.7 Å². The van der Waals surface area contributed by atoms with E-state index in [1.54, 1.807) is 0 Å². The molecule has 2 saturated carbocycles. The highest BCUT2D eigenvalue weighted by molar-refractivity contribution is 5.97. The van der Waals surface area contributed by atoms with Crippen LogP contribution in [0.5, 0.6) is 0 Å². The van der Waals surface area contributed by atoms with Gasteiger partial charge in [-0.25, -0.2) is 4.98 Å². The Balaban J connectivity index is 0.00000152. The summed E-state index contributed by atoms with van der Waals surface area (Å²) in [5, 5.41) is 4.83. The molecule has 194 valence electrons. The van der Waals surface area contributed by atoms with E-state index in [0.29, 0.717) is 24.1 Å². The largest absolute Gasteiger partial charge is 0.359 e. The van der Waals surface area contributed by atoms with Crippen LogP contribution in [0, 0.1) is 0 Å². The van der Waals surface area contributed by atoms with Gasteiger partial charge in [0, 0.05) is 41.8 Å². The van der Waals surface area contributed by atoms with Crippen molar-refractivity contribution in [3.8, 4) is 0 Å². The molecular formula is C26H36Cl2N8. The second kappa shape index (κ2) is 11.2. The summed E-state index contributed by atoms with van der Waals surface area (Å²) in [4.78, 5) is 20.6. The number of nitrogens with one attached hydrogen (secondary N) is 2. The van der Waals surface area contributed by atoms with Gasteiger partial charge in [-0.1, -0.05) is 31.0 Å². The SMILES string of the molecule is CCN(c1c[nH]c2ccccc12)c1nc(N[C@H]2CC[C@H](N)CC2)nc2c1ncn2C1CCCC1.Cl.Cl. The second-order valence-corrected chi connectivity index (χ2v) is 9.85. The van der Waals surface area contributed by atoms with Crippen molar-refractivity contribution in [3.63, 3.8) is 0 Å². The number of aromatic amines is 1. The Morgan fingerprint density at radius 2 is 1.81 bits per heavy atom. The molecule has 3 heterocycles. The molecule has 0 unspecified atom stereocenters. The highest BCUT2D eigenvalue weighted by atomic mass is 35.5. The van der Waals surface area contributed by atoms with E-state index in [1.807, 2.05) is 6.33 Å². The molecule has 36 heavy (non-hydrogen) atoms. The van der Waals surface area contributed by atoms with Crippen molar-refractivity contribution >= 4 is 64.3 Å². The van der Waals surface area contributed by atoms with E-state index in [2.05, 4.69) is 57.2 Å². The third-order valence-electron chi connectivity index (χ3n) is 7.66. The van der Waals surface area contributed by atoms with Crippen LogP contribution in [-0.4, -0.2) is 43.1 Å². The van der Waals surface area contributed by atoms with Gasteiger partial charge in [0.2, 0.25) is 5.95 Å². The molecule has 0 radical (unpaired) electrons. The van der Waals surface area contributed by atoms with Crippen LogP contribution in [0.3, 0.4) is 0 Å². The maximum Gasteiger partial charge on any atom is 0.227 e. The van der Waals surface area contributed by atoms with E-state index < -0.39 is 0 Å². The Morgan fingerprint density at radius 3 is 2.56 bits per heavy atom. The zero-order chi connectivity index (χ0) is 23.1. The molecule has 10 heteroatoms. The van der Waals surface area contributed by atoms with Crippen molar-refractivity contribution in [2.75, 3.05) is 16.8 Å². The molecule has 0 spiro atoms. The van der Waals surface area contributed by atoms with Gasteiger partial charge >= 0.3 is 0 Å². The number of anilines is 3. The van der Waals surface area contributed by atoms with Crippen LogP contribution in [0.2, 0.25) is 0 Å². The number of benzene rings is 1. The van der Waals surface area contributed by atoms with E-state index in [-0.39, 0.29) is 24.8 Å². The first-order chi connectivity index (χ1) is 16.7. The molecule has 4 aromatic rings. The quantitative estimate of drug-likeness (QED) is 0.278. The number of imidazole rings is 1. The summed E-state index contributed by atoms with van der Waals surface area (Å²) in [7, 11) is 0. The summed E-state index contributed by atoms with van der Waals surface area (Å²) in [5.74, 6) is 1.56. The number of nitrogens with zero attached hydrogens (tertiary/aromatic N) is 5. The molecule has 0 bridgehead atoms. The van der Waals surface area contributed by atoms with Crippen molar-refractivity contribution < 1.29 is 0 Å². The number of rotatable bonds is 6. The van der Waals surface area contributed by atoms with E-state index >= 15 is 0 Å². The van der Waals surface area contributed by atoms with Crippen molar-refractivity contribution in [2.24, 2.45) is 5.73 Å². The molecule has 0 amide bonds. The number of hydrogen-bond acceptors (Lipinski definition) is 6. The lowest BCUT2D eigenvalue weighted by Gasteiger charge is -2.28. The minimum atomic E-state index is 0. The predicted molar refractivity (Wildman–Crippen MR) is 152 cm³/mol. The molecule has 0 atom stereocenters. The van der Waals surface area contributed by atoms with Crippen molar-refractivity contribution in [2.45, 2.75) is 76.4 Å². The van der Waals surface area contributed by atoms with Crippen LogP contribution in [-0.2, 0) is 0 Å². The summed E-state index contributed by atoms with van der Waals surface area (Å²) in [6.07, 6.45) is 13.2. The van der Waals surface area contributed by atoms with Gasteiger partial charge in [0.1, 0.15) is 0 Å². The van der Waals surface area contributed by atoms with Crippen LogP contribution < -0.4 is 16.0 Å². The molecule has 1 aromatic carbocycles. The third-order valence-corrected chi connectivity index (χ3v) is 7.66. The fourth-order valence-electron chi connectivity index (χ4n) is 5.76.